The molecule has 1 aromatic heterocycles. The molecular formula is C9H14N2O. The Balaban J connectivity index is 2.29. The molecule has 1 aliphatic rings. The van der Waals surface area contributed by atoms with Gasteiger partial charge in [0.15, 0.2) is 0 Å². The average molecular weight is 166 g/mol. The van der Waals surface area contributed by atoms with E-state index in [2.05, 4.69) is 5.16 Å². The molecule has 2 N–H and O–H groups in total. The van der Waals surface area contributed by atoms with Crippen molar-refractivity contribution in [3.63, 3.8) is 0 Å². The van der Waals surface area contributed by atoms with Gasteiger partial charge in [-0.15, -0.1) is 0 Å². The minimum Gasteiger partial charge on any atom is -0.361 e. The van der Waals surface area contributed by atoms with E-state index < -0.39 is 0 Å². The summed E-state index contributed by atoms with van der Waals surface area (Å²) in [6.45, 7) is 2.51. The number of hydrogen-bond donors (Lipinski definition) is 1. The molecule has 3 nitrogen and oxygen atoms in total. The predicted molar refractivity (Wildman–Crippen MR) is 45.7 cm³/mol. The van der Waals surface area contributed by atoms with Crippen LogP contribution in [0.3, 0.4) is 0 Å². The molecule has 66 valence electrons. The van der Waals surface area contributed by atoms with Crippen LogP contribution in [0.25, 0.3) is 0 Å². The number of aryl methyl sites for hydroxylation is 1. The molecule has 0 saturated heterocycles. The van der Waals surface area contributed by atoms with E-state index in [1.165, 1.54) is 19.3 Å². The van der Waals surface area contributed by atoms with Crippen LogP contribution in [0.4, 0.5) is 0 Å². The molecule has 0 radical (unpaired) electrons. The molecule has 2 rings (SSSR count). The van der Waals surface area contributed by atoms with Crippen LogP contribution in [0.1, 0.15) is 42.2 Å². The van der Waals surface area contributed by atoms with Crippen molar-refractivity contribution in [3.8, 4) is 0 Å². The number of nitrogens with zero attached hydrogens (tertiary/aromatic N) is 1. The van der Waals surface area contributed by atoms with Crippen LogP contribution in [0.2, 0.25) is 0 Å². The SMILES string of the molecule is Cc1noc(C2CCC2)c1CN. The topological polar surface area (TPSA) is 52.0 Å². The lowest BCUT2D eigenvalue weighted by Gasteiger charge is -2.23. The molecule has 0 amide bonds. The van der Waals surface area contributed by atoms with Gasteiger partial charge in [0, 0.05) is 18.0 Å². The van der Waals surface area contributed by atoms with Gasteiger partial charge in [0.1, 0.15) is 5.76 Å². The molecule has 0 bridgehead atoms. The summed E-state index contributed by atoms with van der Waals surface area (Å²) < 4.78 is 5.26. The standard InChI is InChI=1S/C9H14N2O/c1-6-8(5-10)9(12-11-6)7-3-2-4-7/h7H,2-5,10H2,1H3. The molecule has 0 spiro atoms. The molecule has 1 aliphatic carbocycles. The fourth-order valence-corrected chi connectivity index (χ4v) is 1.65. The molecule has 0 aromatic carbocycles. The van der Waals surface area contributed by atoms with E-state index in [1.807, 2.05) is 6.92 Å². The lowest BCUT2D eigenvalue weighted by atomic mass is 9.82. The molecule has 12 heavy (non-hydrogen) atoms. The monoisotopic (exact) mass is 166 g/mol. The second kappa shape index (κ2) is 2.90. The molecule has 1 aromatic rings. The molecular weight excluding hydrogens is 152 g/mol. The third-order valence-corrected chi connectivity index (χ3v) is 2.70. The van der Waals surface area contributed by atoms with Crippen molar-refractivity contribution in [2.45, 2.75) is 38.6 Å². The summed E-state index contributed by atoms with van der Waals surface area (Å²) >= 11 is 0. The molecule has 0 aliphatic heterocycles. The molecule has 1 heterocycles. The number of rotatable bonds is 2. The van der Waals surface area contributed by atoms with E-state index in [9.17, 15) is 0 Å². The highest BCUT2D eigenvalue weighted by atomic mass is 16.5. The second-order valence-electron chi connectivity index (χ2n) is 3.44. The zero-order chi connectivity index (χ0) is 8.55. The minimum atomic E-state index is 0.557. The number of nitrogens with two attached hydrogens (primary N) is 1. The summed E-state index contributed by atoms with van der Waals surface area (Å²) in [6, 6.07) is 0. The Morgan fingerprint density at radius 2 is 2.33 bits per heavy atom. The highest BCUT2D eigenvalue weighted by Gasteiger charge is 2.26. The Hall–Kier alpha value is -0.830. The quantitative estimate of drug-likeness (QED) is 0.727. The lowest BCUT2D eigenvalue weighted by molar-refractivity contribution is 0.297. The van der Waals surface area contributed by atoms with Crippen molar-refractivity contribution in [2.24, 2.45) is 5.73 Å². The zero-order valence-electron chi connectivity index (χ0n) is 7.34. The van der Waals surface area contributed by atoms with Crippen LogP contribution in [0.15, 0.2) is 4.52 Å². The highest BCUT2D eigenvalue weighted by Crippen LogP contribution is 2.38. The van der Waals surface area contributed by atoms with E-state index >= 15 is 0 Å². The normalized spacial score (nSPS) is 17.8. The number of aromatic nitrogens is 1. The minimum absolute atomic E-state index is 0.557. The van der Waals surface area contributed by atoms with Crippen molar-refractivity contribution in [1.82, 2.24) is 5.16 Å². The predicted octanol–water partition coefficient (Wildman–Crippen LogP) is 1.71. The molecule has 0 atom stereocenters. The summed E-state index contributed by atoms with van der Waals surface area (Å²) in [4.78, 5) is 0. The van der Waals surface area contributed by atoms with Crippen molar-refractivity contribution in [3.05, 3.63) is 17.0 Å². The van der Waals surface area contributed by atoms with Gasteiger partial charge in [-0.1, -0.05) is 11.6 Å². The van der Waals surface area contributed by atoms with E-state index in [1.54, 1.807) is 0 Å². The van der Waals surface area contributed by atoms with Crippen molar-refractivity contribution >= 4 is 0 Å². The molecule has 1 fully saturated rings. The fraction of sp³-hybridized carbons (Fsp3) is 0.667. The van der Waals surface area contributed by atoms with Gasteiger partial charge in [-0.25, -0.2) is 0 Å². The van der Waals surface area contributed by atoms with E-state index in [0.29, 0.717) is 12.5 Å². The highest BCUT2D eigenvalue weighted by molar-refractivity contribution is 5.25. The fourth-order valence-electron chi connectivity index (χ4n) is 1.65. The lowest BCUT2D eigenvalue weighted by Crippen LogP contribution is -2.11. The summed E-state index contributed by atoms with van der Waals surface area (Å²) in [5.74, 6) is 1.64. The summed E-state index contributed by atoms with van der Waals surface area (Å²) in [6.07, 6.45) is 3.79. The smallest absolute Gasteiger partial charge is 0.144 e. The van der Waals surface area contributed by atoms with Crippen LogP contribution < -0.4 is 5.73 Å². The van der Waals surface area contributed by atoms with Crippen LogP contribution in [0.5, 0.6) is 0 Å². The largest absolute Gasteiger partial charge is 0.361 e. The Morgan fingerprint density at radius 3 is 2.83 bits per heavy atom. The summed E-state index contributed by atoms with van der Waals surface area (Å²) in [5.41, 5.74) is 7.70. The van der Waals surface area contributed by atoms with Gasteiger partial charge in [-0.05, 0) is 19.8 Å². The second-order valence-corrected chi connectivity index (χ2v) is 3.44. The average Bonchev–Trinajstić information content (AvgIpc) is 2.29. The van der Waals surface area contributed by atoms with Crippen molar-refractivity contribution in [1.29, 1.82) is 0 Å². The van der Waals surface area contributed by atoms with E-state index in [4.69, 9.17) is 10.3 Å². The third kappa shape index (κ3) is 1.05. The summed E-state index contributed by atoms with van der Waals surface area (Å²) in [5, 5.41) is 3.94. The van der Waals surface area contributed by atoms with Crippen molar-refractivity contribution < 1.29 is 4.52 Å². The van der Waals surface area contributed by atoms with Gasteiger partial charge in [0.2, 0.25) is 0 Å². The first-order valence-corrected chi connectivity index (χ1v) is 4.48. The Kier molecular flexibility index (Phi) is 1.89. The van der Waals surface area contributed by atoms with Crippen LogP contribution in [0, 0.1) is 6.92 Å². The zero-order valence-corrected chi connectivity index (χ0v) is 7.34. The molecule has 1 saturated carbocycles. The first-order chi connectivity index (χ1) is 5.83. The maximum Gasteiger partial charge on any atom is 0.144 e. The first kappa shape index (κ1) is 7.80. The summed E-state index contributed by atoms with van der Waals surface area (Å²) in [7, 11) is 0. The molecule has 3 heteroatoms. The van der Waals surface area contributed by atoms with Crippen LogP contribution in [-0.4, -0.2) is 5.16 Å². The maximum absolute atomic E-state index is 5.61. The number of hydrogen-bond acceptors (Lipinski definition) is 3. The van der Waals surface area contributed by atoms with Gasteiger partial charge < -0.3 is 10.3 Å². The van der Waals surface area contributed by atoms with Gasteiger partial charge in [0.25, 0.3) is 0 Å². The Labute approximate surface area is 71.9 Å². The molecule has 0 unspecified atom stereocenters. The van der Waals surface area contributed by atoms with Gasteiger partial charge >= 0.3 is 0 Å². The van der Waals surface area contributed by atoms with Crippen LogP contribution in [-0.2, 0) is 6.54 Å². The Bertz CT molecular complexity index is 276. The van der Waals surface area contributed by atoms with Gasteiger partial charge in [0.05, 0.1) is 5.69 Å². The maximum atomic E-state index is 5.61. The van der Waals surface area contributed by atoms with E-state index in [-0.39, 0.29) is 0 Å². The van der Waals surface area contributed by atoms with Crippen LogP contribution >= 0.6 is 0 Å². The third-order valence-electron chi connectivity index (χ3n) is 2.70. The van der Waals surface area contributed by atoms with Gasteiger partial charge in [-0.3, -0.25) is 0 Å². The van der Waals surface area contributed by atoms with E-state index in [0.717, 1.165) is 17.0 Å². The van der Waals surface area contributed by atoms with Gasteiger partial charge in [-0.2, -0.15) is 0 Å². The van der Waals surface area contributed by atoms with Crippen molar-refractivity contribution in [2.75, 3.05) is 0 Å². The first-order valence-electron chi connectivity index (χ1n) is 4.48. The Morgan fingerprint density at radius 1 is 1.58 bits per heavy atom.